The summed E-state index contributed by atoms with van der Waals surface area (Å²) in [6.07, 6.45) is 0. The average Bonchev–Trinajstić information content (AvgIpc) is 2.70. The Morgan fingerprint density at radius 2 is 1.78 bits per heavy atom. The lowest BCUT2D eigenvalue weighted by Crippen LogP contribution is -2.52. The van der Waals surface area contributed by atoms with Crippen LogP contribution in [0.2, 0.25) is 0 Å². The van der Waals surface area contributed by atoms with Crippen LogP contribution in [0.5, 0.6) is 5.75 Å². The van der Waals surface area contributed by atoms with Crippen molar-refractivity contribution in [3.05, 3.63) is 59.9 Å². The number of anilines is 1. The van der Waals surface area contributed by atoms with Gasteiger partial charge < -0.3 is 10.1 Å². The van der Waals surface area contributed by atoms with E-state index in [1.807, 2.05) is 43.3 Å². The van der Waals surface area contributed by atoms with Gasteiger partial charge >= 0.3 is 0 Å². The quantitative estimate of drug-likeness (QED) is 0.848. The average molecular weight is 371 g/mol. The van der Waals surface area contributed by atoms with Crippen LogP contribution in [0.3, 0.4) is 0 Å². The second kappa shape index (κ2) is 8.97. The third-order valence-electron chi connectivity index (χ3n) is 5.05. The molecule has 1 aliphatic heterocycles. The van der Waals surface area contributed by atoms with Crippen molar-refractivity contribution < 1.29 is 13.9 Å². The number of para-hydroxylation sites is 2. The zero-order valence-corrected chi connectivity index (χ0v) is 15.8. The fraction of sp³-hybridized carbons (Fsp3) is 0.381. The Kier molecular flexibility index (Phi) is 6.42. The molecule has 0 spiro atoms. The molecule has 0 saturated carbocycles. The topological polar surface area (TPSA) is 44.8 Å². The van der Waals surface area contributed by atoms with Gasteiger partial charge in [-0.15, -0.1) is 0 Å². The third-order valence-corrected chi connectivity index (χ3v) is 5.05. The van der Waals surface area contributed by atoms with Crippen molar-refractivity contribution in [1.29, 1.82) is 0 Å². The Hall–Kier alpha value is -2.44. The molecule has 1 N–H and O–H groups in total. The van der Waals surface area contributed by atoms with Gasteiger partial charge in [0.2, 0.25) is 5.91 Å². The monoisotopic (exact) mass is 371 g/mol. The highest BCUT2D eigenvalue weighted by molar-refractivity contribution is 5.95. The van der Waals surface area contributed by atoms with Crippen LogP contribution in [0.25, 0.3) is 0 Å². The molecule has 5 nitrogen and oxygen atoms in total. The van der Waals surface area contributed by atoms with Crippen LogP contribution >= 0.6 is 0 Å². The SMILES string of the molecule is COc1ccccc1NC(=O)C(C)N1CCN(Cc2ccccc2F)CC1. The Morgan fingerprint density at radius 3 is 2.48 bits per heavy atom. The predicted molar refractivity (Wildman–Crippen MR) is 104 cm³/mol. The lowest BCUT2D eigenvalue weighted by atomic mass is 10.1. The molecule has 1 unspecified atom stereocenters. The fourth-order valence-corrected chi connectivity index (χ4v) is 3.33. The largest absolute Gasteiger partial charge is 0.495 e. The van der Waals surface area contributed by atoms with Crippen molar-refractivity contribution in [1.82, 2.24) is 9.80 Å². The highest BCUT2D eigenvalue weighted by Crippen LogP contribution is 2.23. The van der Waals surface area contributed by atoms with Crippen molar-refractivity contribution in [2.24, 2.45) is 0 Å². The Morgan fingerprint density at radius 1 is 1.11 bits per heavy atom. The maximum atomic E-state index is 13.8. The molecule has 1 fully saturated rings. The minimum atomic E-state index is -0.245. The lowest BCUT2D eigenvalue weighted by molar-refractivity contribution is -0.121. The van der Waals surface area contributed by atoms with Crippen molar-refractivity contribution in [3.8, 4) is 5.75 Å². The zero-order valence-electron chi connectivity index (χ0n) is 15.8. The minimum Gasteiger partial charge on any atom is -0.495 e. The molecule has 2 aromatic rings. The van der Waals surface area contributed by atoms with Gasteiger partial charge in [-0.3, -0.25) is 14.6 Å². The number of carbonyl (C=O) groups is 1. The number of hydrogen-bond donors (Lipinski definition) is 1. The summed E-state index contributed by atoms with van der Waals surface area (Å²) < 4.78 is 19.1. The molecule has 1 atom stereocenters. The van der Waals surface area contributed by atoms with Crippen molar-refractivity contribution in [3.63, 3.8) is 0 Å². The summed E-state index contributed by atoms with van der Waals surface area (Å²) in [6.45, 7) is 5.67. The van der Waals surface area contributed by atoms with Crippen LogP contribution in [0.15, 0.2) is 48.5 Å². The fourth-order valence-electron chi connectivity index (χ4n) is 3.33. The van der Waals surface area contributed by atoms with Crippen molar-refractivity contribution in [2.75, 3.05) is 38.6 Å². The predicted octanol–water partition coefficient (Wildman–Crippen LogP) is 2.98. The molecule has 0 aliphatic carbocycles. The summed E-state index contributed by atoms with van der Waals surface area (Å²) in [6, 6.07) is 14.0. The first-order valence-corrected chi connectivity index (χ1v) is 9.22. The smallest absolute Gasteiger partial charge is 0.241 e. The lowest BCUT2D eigenvalue weighted by Gasteiger charge is -2.37. The number of piperazine rings is 1. The molecule has 6 heteroatoms. The van der Waals surface area contributed by atoms with Crippen LogP contribution in [0, 0.1) is 5.82 Å². The molecule has 1 aliphatic rings. The Balaban J connectivity index is 1.52. The summed E-state index contributed by atoms with van der Waals surface area (Å²) in [7, 11) is 1.59. The molecular formula is C21H26FN3O2. The molecule has 1 amide bonds. The third kappa shape index (κ3) is 4.84. The first kappa shape index (κ1) is 19.3. The standard InChI is InChI=1S/C21H26FN3O2/c1-16(21(26)23-19-9-5-6-10-20(19)27-2)25-13-11-24(12-14-25)15-17-7-3-4-8-18(17)22/h3-10,16H,11-15H2,1-2H3,(H,23,26). The van der Waals surface area contributed by atoms with Gasteiger partial charge in [0.05, 0.1) is 18.8 Å². The summed E-state index contributed by atoms with van der Waals surface area (Å²) in [4.78, 5) is 17.0. The summed E-state index contributed by atoms with van der Waals surface area (Å²) >= 11 is 0. The van der Waals surface area contributed by atoms with E-state index in [4.69, 9.17) is 4.74 Å². The van der Waals surface area contributed by atoms with Gasteiger partial charge in [-0.05, 0) is 25.1 Å². The molecule has 0 aromatic heterocycles. The Bertz CT molecular complexity index is 776. The first-order chi connectivity index (χ1) is 13.1. The molecule has 1 heterocycles. The van der Waals surface area contributed by atoms with E-state index in [1.165, 1.54) is 6.07 Å². The number of rotatable bonds is 6. The van der Waals surface area contributed by atoms with E-state index in [1.54, 1.807) is 13.2 Å². The molecule has 0 radical (unpaired) electrons. The molecule has 144 valence electrons. The normalized spacial score (nSPS) is 16.7. The second-order valence-corrected chi connectivity index (χ2v) is 6.77. The number of nitrogens with zero attached hydrogens (tertiary/aromatic N) is 2. The van der Waals surface area contributed by atoms with E-state index >= 15 is 0 Å². The maximum Gasteiger partial charge on any atom is 0.241 e. The summed E-state index contributed by atoms with van der Waals surface area (Å²) in [5, 5.41) is 2.95. The number of ether oxygens (including phenoxy) is 1. The second-order valence-electron chi connectivity index (χ2n) is 6.77. The highest BCUT2D eigenvalue weighted by atomic mass is 19.1. The van der Waals surface area contributed by atoms with Crippen LogP contribution in [-0.4, -0.2) is 55.0 Å². The molecule has 27 heavy (non-hydrogen) atoms. The van der Waals surface area contributed by atoms with E-state index in [0.717, 1.165) is 26.2 Å². The van der Waals surface area contributed by atoms with Crippen LogP contribution < -0.4 is 10.1 Å². The number of benzene rings is 2. The molecular weight excluding hydrogens is 345 g/mol. The van der Waals surface area contributed by atoms with Gasteiger partial charge in [0, 0.05) is 38.3 Å². The number of carbonyl (C=O) groups excluding carboxylic acids is 1. The van der Waals surface area contributed by atoms with E-state index in [0.29, 0.717) is 23.5 Å². The molecule has 0 bridgehead atoms. The van der Waals surface area contributed by atoms with E-state index in [2.05, 4.69) is 15.1 Å². The minimum absolute atomic E-state index is 0.0537. The van der Waals surface area contributed by atoms with E-state index < -0.39 is 0 Å². The van der Waals surface area contributed by atoms with Gasteiger partial charge in [-0.25, -0.2) is 4.39 Å². The number of methoxy groups -OCH3 is 1. The van der Waals surface area contributed by atoms with Gasteiger partial charge in [-0.2, -0.15) is 0 Å². The Labute approximate surface area is 159 Å². The molecule has 1 saturated heterocycles. The number of amides is 1. The van der Waals surface area contributed by atoms with Gasteiger partial charge in [-0.1, -0.05) is 30.3 Å². The number of halogens is 1. The number of hydrogen-bond acceptors (Lipinski definition) is 4. The van der Waals surface area contributed by atoms with Crippen LogP contribution in [0.1, 0.15) is 12.5 Å². The summed E-state index contributed by atoms with van der Waals surface area (Å²) in [5.74, 6) is 0.430. The van der Waals surface area contributed by atoms with Gasteiger partial charge in [0.1, 0.15) is 11.6 Å². The summed E-state index contributed by atoms with van der Waals surface area (Å²) in [5.41, 5.74) is 1.39. The number of nitrogens with one attached hydrogen (secondary N) is 1. The highest BCUT2D eigenvalue weighted by Gasteiger charge is 2.26. The van der Waals surface area contributed by atoms with Crippen molar-refractivity contribution in [2.45, 2.75) is 19.5 Å². The first-order valence-electron chi connectivity index (χ1n) is 9.22. The molecule has 2 aromatic carbocycles. The zero-order chi connectivity index (χ0) is 19.2. The van der Waals surface area contributed by atoms with Crippen LogP contribution in [-0.2, 0) is 11.3 Å². The molecule has 3 rings (SSSR count). The van der Waals surface area contributed by atoms with Crippen molar-refractivity contribution >= 4 is 11.6 Å². The maximum absolute atomic E-state index is 13.8. The van der Waals surface area contributed by atoms with E-state index in [9.17, 15) is 9.18 Å². The van der Waals surface area contributed by atoms with Gasteiger partial charge in [0.15, 0.2) is 0 Å². The van der Waals surface area contributed by atoms with Crippen LogP contribution in [0.4, 0.5) is 10.1 Å². The van der Waals surface area contributed by atoms with E-state index in [-0.39, 0.29) is 17.8 Å². The van der Waals surface area contributed by atoms with Gasteiger partial charge in [0.25, 0.3) is 0 Å².